The molecule has 0 saturated carbocycles. The van der Waals surface area contributed by atoms with Gasteiger partial charge in [-0.15, -0.1) is 0 Å². The lowest BCUT2D eigenvalue weighted by molar-refractivity contribution is 0.0220. The third kappa shape index (κ3) is 4.38. The Bertz CT molecular complexity index is 1070. The first kappa shape index (κ1) is 20.1. The Morgan fingerprint density at radius 1 is 0.966 bits per heavy atom. The van der Waals surface area contributed by atoms with E-state index >= 15 is 0 Å². The Morgan fingerprint density at radius 3 is 2.28 bits per heavy atom. The quantitative estimate of drug-likeness (QED) is 0.577. The lowest BCUT2D eigenvalue weighted by Crippen LogP contribution is -2.37. The predicted molar refractivity (Wildman–Crippen MR) is 114 cm³/mol. The largest absolute Gasteiger partial charge is 0.352 e. The van der Waals surface area contributed by atoms with Crippen molar-refractivity contribution in [3.05, 3.63) is 101 Å². The predicted octanol–water partition coefficient (Wildman–Crippen LogP) is 4.98. The second-order valence-corrected chi connectivity index (χ2v) is 9.54. The van der Waals surface area contributed by atoms with E-state index in [4.69, 9.17) is 16.3 Å². The monoisotopic (exact) mass is 427 g/mol. The molecule has 3 aromatic carbocycles. The van der Waals surface area contributed by atoms with Gasteiger partial charge >= 0.3 is 0 Å². The highest BCUT2D eigenvalue weighted by molar-refractivity contribution is 7.89. The van der Waals surface area contributed by atoms with Gasteiger partial charge in [0, 0.05) is 18.0 Å². The lowest BCUT2D eigenvalue weighted by Gasteiger charge is -2.22. The maximum absolute atomic E-state index is 13.4. The van der Waals surface area contributed by atoms with Gasteiger partial charge in [-0.25, -0.2) is 8.42 Å². The number of ether oxygens (including phenoxy) is 1. The summed E-state index contributed by atoms with van der Waals surface area (Å²) in [7, 11) is -3.69. The molecular formula is C23H22ClNO3S. The van der Waals surface area contributed by atoms with Crippen molar-refractivity contribution in [1.82, 2.24) is 4.31 Å². The molecular weight excluding hydrogens is 406 g/mol. The topological polar surface area (TPSA) is 46.6 Å². The first-order chi connectivity index (χ1) is 13.9. The summed E-state index contributed by atoms with van der Waals surface area (Å²) in [5.41, 5.74) is 2.95. The molecule has 2 atom stereocenters. The number of hydrogen-bond acceptors (Lipinski definition) is 3. The van der Waals surface area contributed by atoms with E-state index in [1.807, 2.05) is 61.5 Å². The second-order valence-electron chi connectivity index (χ2n) is 7.21. The third-order valence-corrected chi connectivity index (χ3v) is 7.23. The maximum atomic E-state index is 13.4. The van der Waals surface area contributed by atoms with E-state index in [2.05, 4.69) is 0 Å². The molecule has 1 saturated heterocycles. The summed E-state index contributed by atoms with van der Waals surface area (Å²) in [6, 6.07) is 24.1. The number of benzene rings is 3. The summed E-state index contributed by atoms with van der Waals surface area (Å²) >= 11 is 5.99. The van der Waals surface area contributed by atoms with Gasteiger partial charge in [0.1, 0.15) is 6.23 Å². The number of aryl methyl sites for hydroxylation is 1. The summed E-state index contributed by atoms with van der Waals surface area (Å²) in [5, 5.41) is 0.646. The first-order valence-electron chi connectivity index (χ1n) is 9.47. The summed E-state index contributed by atoms with van der Waals surface area (Å²) in [6.45, 7) is 2.21. The van der Waals surface area contributed by atoms with Crippen molar-refractivity contribution in [3.63, 3.8) is 0 Å². The average Bonchev–Trinajstić information content (AvgIpc) is 3.15. The van der Waals surface area contributed by atoms with Gasteiger partial charge in [0.15, 0.2) is 0 Å². The molecule has 4 nitrogen and oxygen atoms in total. The Labute approximate surface area is 176 Å². The molecule has 0 aliphatic carbocycles. The van der Waals surface area contributed by atoms with E-state index in [1.165, 1.54) is 4.31 Å². The maximum Gasteiger partial charge on any atom is 0.245 e. The van der Waals surface area contributed by atoms with E-state index in [-0.39, 0.29) is 17.5 Å². The number of sulfonamides is 1. The molecule has 0 N–H and O–H groups in total. The van der Waals surface area contributed by atoms with Gasteiger partial charge in [0.2, 0.25) is 10.0 Å². The van der Waals surface area contributed by atoms with Gasteiger partial charge in [0.05, 0.1) is 11.0 Å². The van der Waals surface area contributed by atoms with Crippen LogP contribution in [0, 0.1) is 6.92 Å². The van der Waals surface area contributed by atoms with Crippen LogP contribution in [0.5, 0.6) is 0 Å². The van der Waals surface area contributed by atoms with Crippen molar-refractivity contribution in [2.75, 3.05) is 6.54 Å². The van der Waals surface area contributed by atoms with Crippen LogP contribution in [-0.4, -0.2) is 25.5 Å². The van der Waals surface area contributed by atoms with Crippen LogP contribution >= 0.6 is 11.6 Å². The van der Waals surface area contributed by atoms with Gasteiger partial charge in [-0.1, -0.05) is 71.8 Å². The molecule has 2 unspecified atom stereocenters. The van der Waals surface area contributed by atoms with Gasteiger partial charge in [-0.05, 0) is 42.3 Å². The first-order valence-corrected chi connectivity index (χ1v) is 11.3. The number of rotatable bonds is 5. The minimum absolute atomic E-state index is 0.276. The van der Waals surface area contributed by atoms with E-state index in [9.17, 15) is 8.42 Å². The van der Waals surface area contributed by atoms with E-state index in [1.54, 1.807) is 24.3 Å². The highest BCUT2D eigenvalue weighted by atomic mass is 35.5. The van der Waals surface area contributed by atoms with Gasteiger partial charge in [-0.2, -0.15) is 4.31 Å². The minimum Gasteiger partial charge on any atom is -0.352 e. The zero-order valence-electron chi connectivity index (χ0n) is 16.0. The van der Waals surface area contributed by atoms with Crippen molar-refractivity contribution >= 4 is 21.6 Å². The molecule has 0 bridgehead atoms. The fraction of sp³-hybridized carbons (Fsp3) is 0.217. The number of nitrogens with zero attached hydrogens (tertiary/aromatic N) is 1. The fourth-order valence-corrected chi connectivity index (χ4v) is 5.15. The third-order valence-electron chi connectivity index (χ3n) is 5.11. The molecule has 3 aromatic rings. The molecule has 1 aliphatic heterocycles. The summed E-state index contributed by atoms with van der Waals surface area (Å²) < 4.78 is 34.5. The molecule has 150 valence electrons. The summed E-state index contributed by atoms with van der Waals surface area (Å²) in [4.78, 5) is 0.279. The normalized spacial score (nSPS) is 20.1. The zero-order valence-corrected chi connectivity index (χ0v) is 17.6. The Hall–Kier alpha value is -2.18. The average molecular weight is 428 g/mol. The highest BCUT2D eigenvalue weighted by Gasteiger charge is 2.41. The molecule has 0 aromatic heterocycles. The smallest absolute Gasteiger partial charge is 0.245 e. The Balaban J connectivity index is 1.67. The standard InChI is InChI=1S/C23H22ClNO3S/c1-17-7-13-21(14-8-17)29(26,27)25-16-22(19-5-3-2-4-6-19)28-23(25)15-18-9-11-20(24)12-10-18/h2-14,22-23H,15-16H2,1H3. The summed E-state index contributed by atoms with van der Waals surface area (Å²) in [5.74, 6) is 0. The van der Waals surface area contributed by atoms with Crippen LogP contribution < -0.4 is 0 Å². The number of halogens is 1. The van der Waals surface area contributed by atoms with Crippen LogP contribution in [0.3, 0.4) is 0 Å². The van der Waals surface area contributed by atoms with Crippen molar-refractivity contribution in [1.29, 1.82) is 0 Å². The van der Waals surface area contributed by atoms with Crippen LogP contribution in [0.4, 0.5) is 0 Å². The molecule has 29 heavy (non-hydrogen) atoms. The van der Waals surface area contributed by atoms with E-state index in [0.717, 1.165) is 16.7 Å². The van der Waals surface area contributed by atoms with Crippen LogP contribution in [0.25, 0.3) is 0 Å². The van der Waals surface area contributed by atoms with E-state index < -0.39 is 16.3 Å². The molecule has 1 fully saturated rings. The van der Waals surface area contributed by atoms with Crippen molar-refractivity contribution in [2.45, 2.75) is 30.6 Å². The van der Waals surface area contributed by atoms with Crippen LogP contribution in [-0.2, 0) is 21.2 Å². The molecule has 6 heteroatoms. The molecule has 4 rings (SSSR count). The highest BCUT2D eigenvalue weighted by Crippen LogP contribution is 2.34. The zero-order chi connectivity index (χ0) is 20.4. The number of hydrogen-bond donors (Lipinski definition) is 0. The van der Waals surface area contributed by atoms with Crippen LogP contribution in [0.2, 0.25) is 5.02 Å². The van der Waals surface area contributed by atoms with Gasteiger partial charge in [0.25, 0.3) is 0 Å². The summed E-state index contributed by atoms with van der Waals surface area (Å²) in [6.07, 6.45) is -0.451. The molecule has 1 aliphatic rings. The van der Waals surface area contributed by atoms with Crippen molar-refractivity contribution in [2.24, 2.45) is 0 Å². The molecule has 1 heterocycles. The Kier molecular flexibility index (Phi) is 5.74. The minimum atomic E-state index is -3.69. The van der Waals surface area contributed by atoms with Crippen molar-refractivity contribution < 1.29 is 13.2 Å². The Morgan fingerprint density at radius 2 is 1.62 bits per heavy atom. The molecule has 0 amide bonds. The van der Waals surface area contributed by atoms with Crippen LogP contribution in [0.1, 0.15) is 22.8 Å². The lowest BCUT2D eigenvalue weighted by atomic mass is 10.1. The fourth-order valence-electron chi connectivity index (χ4n) is 3.50. The second kappa shape index (κ2) is 8.28. The SMILES string of the molecule is Cc1ccc(S(=O)(=O)N2CC(c3ccccc3)OC2Cc2ccc(Cl)cc2)cc1. The van der Waals surface area contributed by atoms with Gasteiger partial charge < -0.3 is 4.74 Å². The van der Waals surface area contributed by atoms with Crippen LogP contribution in [0.15, 0.2) is 83.8 Å². The molecule has 0 radical (unpaired) electrons. The van der Waals surface area contributed by atoms with Crippen molar-refractivity contribution in [3.8, 4) is 0 Å². The van der Waals surface area contributed by atoms with Gasteiger partial charge in [-0.3, -0.25) is 0 Å². The molecule has 0 spiro atoms. The van der Waals surface area contributed by atoms with E-state index in [0.29, 0.717) is 11.4 Å².